The lowest BCUT2D eigenvalue weighted by molar-refractivity contribution is -0.131. The summed E-state index contributed by atoms with van der Waals surface area (Å²) in [5, 5.41) is 5.46. The van der Waals surface area contributed by atoms with Gasteiger partial charge in [-0.25, -0.2) is 4.79 Å². The average Bonchev–Trinajstić information content (AvgIpc) is 3.50. The van der Waals surface area contributed by atoms with Gasteiger partial charge in [-0.2, -0.15) is 0 Å². The molecule has 27 heavy (non-hydrogen) atoms. The molecule has 1 aliphatic carbocycles. The number of esters is 1. The van der Waals surface area contributed by atoms with Gasteiger partial charge in [-0.05, 0) is 37.1 Å². The van der Waals surface area contributed by atoms with Crippen LogP contribution in [0.5, 0.6) is 5.75 Å². The van der Waals surface area contributed by atoms with Crippen LogP contribution in [0.15, 0.2) is 48.5 Å². The number of rotatable bonds is 6. The highest BCUT2D eigenvalue weighted by atomic mass is 16.5. The Kier molecular flexibility index (Phi) is 5.12. The SMILES string of the molecule is COC(=O)c1ccccc1NC(=O)C1(C(=O)Nc2cccc(OC)c2)CC1. The minimum atomic E-state index is -1.15. The molecule has 1 aliphatic rings. The monoisotopic (exact) mass is 368 g/mol. The second-order valence-corrected chi connectivity index (χ2v) is 6.26. The smallest absolute Gasteiger partial charge is 0.339 e. The van der Waals surface area contributed by atoms with Crippen molar-refractivity contribution in [3.63, 3.8) is 0 Å². The van der Waals surface area contributed by atoms with Gasteiger partial charge in [0, 0.05) is 11.8 Å². The summed E-state index contributed by atoms with van der Waals surface area (Å²) in [7, 11) is 2.81. The topological polar surface area (TPSA) is 93.7 Å². The van der Waals surface area contributed by atoms with Gasteiger partial charge in [-0.1, -0.05) is 18.2 Å². The standard InChI is InChI=1S/C20H20N2O5/c1-26-14-7-5-6-13(12-14)21-18(24)20(10-11-20)19(25)22-16-9-4-3-8-15(16)17(23)27-2/h3-9,12H,10-11H2,1-2H3,(H,21,24)(H,22,25). The molecular formula is C20H20N2O5. The molecular weight excluding hydrogens is 348 g/mol. The van der Waals surface area contributed by atoms with Crippen LogP contribution in [0.2, 0.25) is 0 Å². The zero-order valence-corrected chi connectivity index (χ0v) is 15.1. The first-order valence-corrected chi connectivity index (χ1v) is 8.44. The van der Waals surface area contributed by atoms with E-state index in [-0.39, 0.29) is 11.5 Å². The predicted molar refractivity (Wildman–Crippen MR) is 99.7 cm³/mol. The molecule has 2 N–H and O–H groups in total. The zero-order valence-electron chi connectivity index (χ0n) is 15.1. The van der Waals surface area contributed by atoms with Crippen LogP contribution in [0, 0.1) is 5.41 Å². The summed E-state index contributed by atoms with van der Waals surface area (Å²) in [4.78, 5) is 37.3. The predicted octanol–water partition coefficient (Wildman–Crippen LogP) is 2.84. The molecule has 0 aromatic heterocycles. The fraction of sp³-hybridized carbons (Fsp3) is 0.250. The lowest BCUT2D eigenvalue weighted by Gasteiger charge is -2.17. The molecule has 0 heterocycles. The van der Waals surface area contributed by atoms with E-state index >= 15 is 0 Å². The Morgan fingerprint density at radius 3 is 2.30 bits per heavy atom. The number of anilines is 2. The van der Waals surface area contributed by atoms with Crippen LogP contribution in [0.3, 0.4) is 0 Å². The fourth-order valence-electron chi connectivity index (χ4n) is 2.76. The summed E-state index contributed by atoms with van der Waals surface area (Å²) in [6, 6.07) is 13.4. The first-order valence-electron chi connectivity index (χ1n) is 8.44. The first kappa shape index (κ1) is 18.4. The van der Waals surface area contributed by atoms with Crippen molar-refractivity contribution in [3.8, 4) is 5.75 Å². The molecule has 2 amide bonds. The van der Waals surface area contributed by atoms with Gasteiger partial charge in [0.25, 0.3) is 0 Å². The second-order valence-electron chi connectivity index (χ2n) is 6.26. The third-order valence-corrected chi connectivity index (χ3v) is 4.53. The average molecular weight is 368 g/mol. The van der Waals surface area contributed by atoms with Gasteiger partial charge in [0.15, 0.2) is 0 Å². The summed E-state index contributed by atoms with van der Waals surface area (Å²) in [6.07, 6.45) is 0.879. The fourth-order valence-corrected chi connectivity index (χ4v) is 2.76. The van der Waals surface area contributed by atoms with E-state index in [4.69, 9.17) is 9.47 Å². The minimum absolute atomic E-state index is 0.234. The van der Waals surface area contributed by atoms with E-state index in [0.717, 1.165) is 0 Å². The van der Waals surface area contributed by atoms with Crippen molar-refractivity contribution in [2.45, 2.75) is 12.8 Å². The number of ether oxygens (including phenoxy) is 2. The normalized spacial score (nSPS) is 14.0. The maximum atomic E-state index is 12.8. The lowest BCUT2D eigenvalue weighted by atomic mass is 10.0. The number of benzene rings is 2. The summed E-state index contributed by atoms with van der Waals surface area (Å²) >= 11 is 0. The molecule has 7 nitrogen and oxygen atoms in total. The quantitative estimate of drug-likeness (QED) is 0.604. The van der Waals surface area contributed by atoms with E-state index in [0.29, 0.717) is 30.0 Å². The van der Waals surface area contributed by atoms with Crippen LogP contribution < -0.4 is 15.4 Å². The van der Waals surface area contributed by atoms with Gasteiger partial charge in [0.2, 0.25) is 11.8 Å². The molecule has 140 valence electrons. The van der Waals surface area contributed by atoms with Crippen LogP contribution in [0.4, 0.5) is 11.4 Å². The maximum absolute atomic E-state index is 12.8. The van der Waals surface area contributed by atoms with Crippen LogP contribution in [0.1, 0.15) is 23.2 Å². The van der Waals surface area contributed by atoms with Gasteiger partial charge >= 0.3 is 5.97 Å². The van der Waals surface area contributed by atoms with E-state index in [1.54, 1.807) is 48.5 Å². The molecule has 0 atom stereocenters. The highest BCUT2D eigenvalue weighted by molar-refractivity contribution is 6.17. The number of nitrogens with one attached hydrogen (secondary N) is 2. The Balaban J connectivity index is 1.75. The van der Waals surface area contributed by atoms with Gasteiger partial charge < -0.3 is 20.1 Å². The van der Waals surface area contributed by atoms with Crippen LogP contribution in [-0.4, -0.2) is 32.0 Å². The van der Waals surface area contributed by atoms with Crippen molar-refractivity contribution < 1.29 is 23.9 Å². The number of hydrogen-bond donors (Lipinski definition) is 2. The largest absolute Gasteiger partial charge is 0.497 e. The lowest BCUT2D eigenvalue weighted by Crippen LogP contribution is -2.36. The molecule has 3 rings (SSSR count). The van der Waals surface area contributed by atoms with E-state index in [1.165, 1.54) is 14.2 Å². The Bertz CT molecular complexity index is 889. The maximum Gasteiger partial charge on any atom is 0.339 e. The summed E-state index contributed by atoms with van der Waals surface area (Å²) in [5.74, 6) is -0.784. The first-order chi connectivity index (χ1) is 13.0. The number of carbonyl (C=O) groups is 3. The molecule has 0 bridgehead atoms. The number of para-hydroxylation sites is 1. The summed E-state index contributed by atoms with van der Waals surface area (Å²) in [6.45, 7) is 0. The van der Waals surface area contributed by atoms with Crippen molar-refractivity contribution in [1.29, 1.82) is 0 Å². The van der Waals surface area contributed by atoms with Crippen LogP contribution in [0.25, 0.3) is 0 Å². The molecule has 2 aromatic carbocycles. The molecule has 1 saturated carbocycles. The Labute approximate surface area is 156 Å². The van der Waals surface area contributed by atoms with E-state index < -0.39 is 17.3 Å². The highest BCUT2D eigenvalue weighted by Crippen LogP contribution is 2.47. The molecule has 2 aromatic rings. The second kappa shape index (κ2) is 7.49. The number of hydrogen-bond acceptors (Lipinski definition) is 5. The van der Waals surface area contributed by atoms with Crippen molar-refractivity contribution in [2.75, 3.05) is 24.9 Å². The van der Waals surface area contributed by atoms with Gasteiger partial charge in [0.1, 0.15) is 11.2 Å². The van der Waals surface area contributed by atoms with Gasteiger partial charge in [0.05, 0.1) is 25.5 Å². The molecule has 0 saturated heterocycles. The Morgan fingerprint density at radius 2 is 1.63 bits per heavy atom. The van der Waals surface area contributed by atoms with Gasteiger partial charge in [-0.3, -0.25) is 9.59 Å². The summed E-state index contributed by atoms with van der Waals surface area (Å²) in [5.41, 5.74) is -0.0488. The van der Waals surface area contributed by atoms with Crippen molar-refractivity contribution in [1.82, 2.24) is 0 Å². The number of carbonyl (C=O) groups excluding carboxylic acids is 3. The Hall–Kier alpha value is -3.35. The number of amides is 2. The molecule has 0 aliphatic heterocycles. The van der Waals surface area contributed by atoms with E-state index in [9.17, 15) is 14.4 Å². The van der Waals surface area contributed by atoms with Crippen LogP contribution >= 0.6 is 0 Å². The van der Waals surface area contributed by atoms with Gasteiger partial charge in [-0.15, -0.1) is 0 Å². The molecule has 0 radical (unpaired) electrons. The molecule has 0 unspecified atom stereocenters. The number of methoxy groups -OCH3 is 2. The third-order valence-electron chi connectivity index (χ3n) is 4.53. The van der Waals surface area contributed by atoms with E-state index in [1.807, 2.05) is 0 Å². The van der Waals surface area contributed by atoms with Crippen LogP contribution in [-0.2, 0) is 14.3 Å². The van der Waals surface area contributed by atoms with Crippen molar-refractivity contribution >= 4 is 29.2 Å². The van der Waals surface area contributed by atoms with E-state index in [2.05, 4.69) is 10.6 Å². The molecule has 7 heteroatoms. The third kappa shape index (κ3) is 3.76. The molecule has 1 fully saturated rings. The summed E-state index contributed by atoms with van der Waals surface area (Å²) < 4.78 is 9.86. The molecule has 0 spiro atoms. The van der Waals surface area contributed by atoms with Crippen molar-refractivity contribution in [2.24, 2.45) is 5.41 Å². The Morgan fingerprint density at radius 1 is 0.926 bits per heavy atom. The minimum Gasteiger partial charge on any atom is -0.497 e. The zero-order chi connectivity index (χ0) is 19.4. The van der Waals surface area contributed by atoms with Crippen molar-refractivity contribution in [3.05, 3.63) is 54.1 Å². The highest BCUT2D eigenvalue weighted by Gasteiger charge is 2.56.